The molecule has 0 aliphatic heterocycles. The summed E-state index contributed by atoms with van der Waals surface area (Å²) >= 11 is 4.76. The van der Waals surface area contributed by atoms with Crippen molar-refractivity contribution in [3.8, 4) is 0 Å². The molecule has 0 amide bonds. The van der Waals surface area contributed by atoms with Crippen LogP contribution >= 0.6 is 27.3 Å². The van der Waals surface area contributed by atoms with E-state index >= 15 is 0 Å². The molecular weight excluding hydrogens is 300 g/mol. The highest BCUT2D eigenvalue weighted by Gasteiger charge is 2.05. The molecule has 2 aromatic heterocycles. The Morgan fingerprint density at radius 2 is 2.29 bits per heavy atom. The first-order chi connectivity index (χ1) is 8.06. The van der Waals surface area contributed by atoms with Crippen LogP contribution in [0, 0.1) is 6.92 Å². The van der Waals surface area contributed by atoms with Crippen LogP contribution in [-0.2, 0) is 7.05 Å². The van der Waals surface area contributed by atoms with Crippen LogP contribution in [0.1, 0.15) is 21.1 Å². The van der Waals surface area contributed by atoms with Crippen LogP contribution in [0.25, 0.3) is 6.08 Å². The zero-order chi connectivity index (χ0) is 12.4. The molecule has 2 aromatic rings. The van der Waals surface area contributed by atoms with E-state index in [4.69, 9.17) is 0 Å². The maximum Gasteiger partial charge on any atom is 0.195 e. The van der Waals surface area contributed by atoms with Gasteiger partial charge in [-0.25, -0.2) is 0 Å². The standard InChI is InChI=1S/C12H11BrN2OS/c1-8-5-10(15(2)14-8)3-4-11(16)12-6-9(13)7-17-12/h3-7H,1-2H3/b4-3+. The summed E-state index contributed by atoms with van der Waals surface area (Å²) in [6.45, 7) is 1.93. The molecule has 0 bridgehead atoms. The van der Waals surface area contributed by atoms with Gasteiger partial charge in [-0.05, 0) is 47.1 Å². The average molecular weight is 311 g/mol. The number of carbonyl (C=O) groups excluding carboxylic acids is 1. The fourth-order valence-electron chi connectivity index (χ4n) is 1.47. The molecule has 88 valence electrons. The highest BCUT2D eigenvalue weighted by atomic mass is 79.9. The van der Waals surface area contributed by atoms with Crippen LogP contribution < -0.4 is 0 Å². The van der Waals surface area contributed by atoms with Crippen molar-refractivity contribution in [3.63, 3.8) is 0 Å². The number of halogens is 1. The van der Waals surface area contributed by atoms with Gasteiger partial charge in [0.1, 0.15) is 0 Å². The molecule has 0 saturated carbocycles. The van der Waals surface area contributed by atoms with Gasteiger partial charge < -0.3 is 0 Å². The molecule has 0 atom stereocenters. The number of hydrogen-bond donors (Lipinski definition) is 0. The number of hydrogen-bond acceptors (Lipinski definition) is 3. The number of rotatable bonds is 3. The van der Waals surface area contributed by atoms with Gasteiger partial charge in [0.05, 0.1) is 16.3 Å². The van der Waals surface area contributed by atoms with Crippen molar-refractivity contribution in [2.75, 3.05) is 0 Å². The number of allylic oxidation sites excluding steroid dienone is 1. The maximum atomic E-state index is 11.8. The van der Waals surface area contributed by atoms with E-state index in [1.807, 2.05) is 31.5 Å². The van der Waals surface area contributed by atoms with Gasteiger partial charge in [0.15, 0.2) is 5.78 Å². The highest BCUT2D eigenvalue weighted by molar-refractivity contribution is 9.10. The molecule has 0 aromatic carbocycles. The molecule has 0 aliphatic rings. The zero-order valence-corrected chi connectivity index (χ0v) is 11.9. The summed E-state index contributed by atoms with van der Waals surface area (Å²) in [6.07, 6.45) is 3.37. The Hall–Kier alpha value is -1.20. The average Bonchev–Trinajstić information content (AvgIpc) is 2.82. The smallest absolute Gasteiger partial charge is 0.195 e. The normalized spacial score (nSPS) is 11.2. The quantitative estimate of drug-likeness (QED) is 0.643. The lowest BCUT2D eigenvalue weighted by molar-refractivity contribution is 0.105. The van der Waals surface area contributed by atoms with E-state index in [9.17, 15) is 4.79 Å². The van der Waals surface area contributed by atoms with E-state index in [1.54, 1.807) is 16.8 Å². The molecule has 3 nitrogen and oxygen atoms in total. The summed E-state index contributed by atoms with van der Waals surface area (Å²) in [4.78, 5) is 12.6. The molecule has 2 rings (SSSR count). The van der Waals surface area contributed by atoms with Crippen molar-refractivity contribution in [2.45, 2.75) is 6.92 Å². The number of aryl methyl sites for hydroxylation is 2. The predicted octanol–water partition coefficient (Wildman–Crippen LogP) is 3.45. The Morgan fingerprint density at radius 3 is 2.82 bits per heavy atom. The third kappa shape index (κ3) is 2.92. The Bertz CT molecular complexity index is 583. The largest absolute Gasteiger partial charge is 0.288 e. The molecule has 0 spiro atoms. The van der Waals surface area contributed by atoms with Crippen LogP contribution in [-0.4, -0.2) is 15.6 Å². The summed E-state index contributed by atoms with van der Waals surface area (Å²) in [5.74, 6) is 0.0135. The van der Waals surface area contributed by atoms with Gasteiger partial charge >= 0.3 is 0 Å². The number of carbonyl (C=O) groups is 1. The van der Waals surface area contributed by atoms with Crippen LogP contribution in [0.4, 0.5) is 0 Å². The highest BCUT2D eigenvalue weighted by Crippen LogP contribution is 2.20. The van der Waals surface area contributed by atoms with E-state index in [1.165, 1.54) is 11.3 Å². The number of thiophene rings is 1. The minimum Gasteiger partial charge on any atom is -0.288 e. The molecule has 0 radical (unpaired) electrons. The number of aromatic nitrogens is 2. The van der Waals surface area contributed by atoms with Gasteiger partial charge in [-0.2, -0.15) is 5.10 Å². The van der Waals surface area contributed by atoms with Crippen LogP contribution in [0.5, 0.6) is 0 Å². The van der Waals surface area contributed by atoms with Crippen molar-refractivity contribution >= 4 is 39.1 Å². The lowest BCUT2D eigenvalue weighted by Crippen LogP contribution is -1.94. The fraction of sp³-hybridized carbons (Fsp3) is 0.167. The summed E-state index contributed by atoms with van der Waals surface area (Å²) in [5.41, 5.74) is 1.87. The van der Waals surface area contributed by atoms with Crippen molar-refractivity contribution in [3.05, 3.63) is 44.3 Å². The first-order valence-electron chi connectivity index (χ1n) is 5.03. The number of ketones is 1. The van der Waals surface area contributed by atoms with E-state index in [0.29, 0.717) is 0 Å². The maximum absolute atomic E-state index is 11.8. The lowest BCUT2D eigenvalue weighted by atomic mass is 10.2. The summed E-state index contributed by atoms with van der Waals surface area (Å²) in [5, 5.41) is 6.11. The molecule has 0 saturated heterocycles. The third-order valence-electron chi connectivity index (χ3n) is 2.25. The Balaban J connectivity index is 2.16. The van der Waals surface area contributed by atoms with Gasteiger partial charge in [0.2, 0.25) is 0 Å². The Kier molecular flexibility index (Phi) is 3.59. The number of nitrogens with zero attached hydrogens (tertiary/aromatic N) is 2. The second kappa shape index (κ2) is 4.98. The summed E-state index contributed by atoms with van der Waals surface area (Å²) < 4.78 is 2.69. The molecule has 0 aliphatic carbocycles. The minimum atomic E-state index is 0.0135. The zero-order valence-electron chi connectivity index (χ0n) is 9.48. The van der Waals surface area contributed by atoms with Crippen molar-refractivity contribution in [1.29, 1.82) is 0 Å². The molecule has 0 unspecified atom stereocenters. The van der Waals surface area contributed by atoms with Gasteiger partial charge in [-0.15, -0.1) is 11.3 Å². The molecule has 17 heavy (non-hydrogen) atoms. The van der Waals surface area contributed by atoms with E-state index in [2.05, 4.69) is 21.0 Å². The Morgan fingerprint density at radius 1 is 1.53 bits per heavy atom. The fourth-order valence-corrected chi connectivity index (χ4v) is 2.82. The molecule has 5 heteroatoms. The van der Waals surface area contributed by atoms with E-state index in [0.717, 1.165) is 20.7 Å². The second-order valence-electron chi connectivity index (χ2n) is 3.66. The second-order valence-corrected chi connectivity index (χ2v) is 5.49. The van der Waals surface area contributed by atoms with Crippen LogP contribution in [0.2, 0.25) is 0 Å². The summed E-state index contributed by atoms with van der Waals surface area (Å²) in [6, 6.07) is 3.76. The first-order valence-corrected chi connectivity index (χ1v) is 6.70. The molecule has 0 fully saturated rings. The summed E-state index contributed by atoms with van der Waals surface area (Å²) in [7, 11) is 1.86. The predicted molar refractivity (Wildman–Crippen MR) is 73.3 cm³/mol. The van der Waals surface area contributed by atoms with Crippen molar-refractivity contribution < 1.29 is 4.79 Å². The van der Waals surface area contributed by atoms with Crippen molar-refractivity contribution in [1.82, 2.24) is 9.78 Å². The van der Waals surface area contributed by atoms with Gasteiger partial charge in [-0.3, -0.25) is 9.48 Å². The lowest BCUT2D eigenvalue weighted by Gasteiger charge is -1.93. The first kappa shape index (κ1) is 12.3. The van der Waals surface area contributed by atoms with Crippen LogP contribution in [0.15, 0.2) is 28.1 Å². The van der Waals surface area contributed by atoms with Gasteiger partial charge in [0.25, 0.3) is 0 Å². The van der Waals surface area contributed by atoms with E-state index < -0.39 is 0 Å². The SMILES string of the molecule is Cc1cc(/C=C/C(=O)c2cc(Br)cs2)n(C)n1. The monoisotopic (exact) mass is 310 g/mol. The minimum absolute atomic E-state index is 0.0135. The molecule has 2 heterocycles. The van der Waals surface area contributed by atoms with Crippen LogP contribution in [0.3, 0.4) is 0 Å². The Labute approximate surface area is 112 Å². The van der Waals surface area contributed by atoms with Gasteiger partial charge in [0, 0.05) is 16.9 Å². The molecular formula is C12H11BrN2OS. The van der Waals surface area contributed by atoms with E-state index in [-0.39, 0.29) is 5.78 Å². The van der Waals surface area contributed by atoms with Crippen molar-refractivity contribution in [2.24, 2.45) is 7.05 Å². The van der Waals surface area contributed by atoms with Gasteiger partial charge in [-0.1, -0.05) is 0 Å². The topological polar surface area (TPSA) is 34.9 Å². The third-order valence-corrected chi connectivity index (χ3v) is 3.96. The molecule has 0 N–H and O–H groups in total.